The van der Waals surface area contributed by atoms with Crippen molar-refractivity contribution in [3.63, 3.8) is 0 Å². The minimum absolute atomic E-state index is 0.348. The molecule has 0 spiro atoms. The van der Waals surface area contributed by atoms with Crippen molar-refractivity contribution in [1.29, 1.82) is 0 Å². The molecule has 110 valence electrons. The highest BCUT2D eigenvalue weighted by atomic mass is 32.1. The SMILES string of the molecule is COC(=O)c1sccc1NC(=O)Nc1cc(C)cc(C)n1. The molecule has 0 aliphatic heterocycles. The van der Waals surface area contributed by atoms with Crippen molar-refractivity contribution >= 4 is 34.8 Å². The molecule has 0 atom stereocenters. The standard InChI is InChI=1S/C14H15N3O3S/c1-8-6-9(2)15-11(7-8)17-14(19)16-10-4-5-21-12(10)13(18)20-3/h4-7H,1-3H3,(H2,15,16,17,19). The number of urea groups is 1. The highest BCUT2D eigenvalue weighted by Gasteiger charge is 2.15. The minimum Gasteiger partial charge on any atom is -0.465 e. The van der Waals surface area contributed by atoms with E-state index < -0.39 is 12.0 Å². The molecule has 2 aromatic heterocycles. The fraction of sp³-hybridized carbons (Fsp3) is 0.214. The molecule has 2 heterocycles. The van der Waals surface area contributed by atoms with Gasteiger partial charge in [-0.2, -0.15) is 0 Å². The van der Waals surface area contributed by atoms with Crippen molar-refractivity contribution in [3.8, 4) is 0 Å². The van der Waals surface area contributed by atoms with Gasteiger partial charge in [-0.05, 0) is 43.0 Å². The van der Waals surface area contributed by atoms with Gasteiger partial charge in [-0.1, -0.05) is 0 Å². The summed E-state index contributed by atoms with van der Waals surface area (Å²) in [5.41, 5.74) is 2.23. The van der Waals surface area contributed by atoms with Crippen molar-refractivity contribution in [2.24, 2.45) is 0 Å². The second-order valence-electron chi connectivity index (χ2n) is 4.41. The summed E-state index contributed by atoms with van der Waals surface area (Å²) in [5.74, 6) is -0.0235. The zero-order chi connectivity index (χ0) is 15.4. The van der Waals surface area contributed by atoms with Gasteiger partial charge in [0.25, 0.3) is 0 Å². The van der Waals surface area contributed by atoms with Crippen LogP contribution in [0.3, 0.4) is 0 Å². The van der Waals surface area contributed by atoms with E-state index in [0.717, 1.165) is 11.3 Å². The Hall–Kier alpha value is -2.41. The molecular formula is C14H15N3O3S. The number of hydrogen-bond donors (Lipinski definition) is 2. The number of nitrogens with zero attached hydrogens (tertiary/aromatic N) is 1. The highest BCUT2D eigenvalue weighted by molar-refractivity contribution is 7.12. The van der Waals surface area contributed by atoms with E-state index in [-0.39, 0.29) is 0 Å². The molecule has 0 unspecified atom stereocenters. The minimum atomic E-state index is -0.482. The largest absolute Gasteiger partial charge is 0.465 e. The maximum Gasteiger partial charge on any atom is 0.350 e. The fourth-order valence-electron chi connectivity index (χ4n) is 1.83. The molecule has 0 fully saturated rings. The normalized spacial score (nSPS) is 10.0. The zero-order valence-corrected chi connectivity index (χ0v) is 12.7. The first-order valence-corrected chi connectivity index (χ1v) is 7.06. The van der Waals surface area contributed by atoms with Crippen molar-refractivity contribution in [2.45, 2.75) is 13.8 Å². The van der Waals surface area contributed by atoms with E-state index in [0.29, 0.717) is 16.4 Å². The van der Waals surface area contributed by atoms with E-state index in [1.54, 1.807) is 17.5 Å². The Morgan fingerprint density at radius 1 is 1.24 bits per heavy atom. The van der Waals surface area contributed by atoms with Gasteiger partial charge < -0.3 is 10.1 Å². The van der Waals surface area contributed by atoms with Crippen LogP contribution in [-0.4, -0.2) is 24.1 Å². The first-order valence-electron chi connectivity index (χ1n) is 6.18. The molecule has 0 radical (unpaired) electrons. The summed E-state index contributed by atoms with van der Waals surface area (Å²) in [6.45, 7) is 3.77. The number of aromatic nitrogens is 1. The van der Waals surface area contributed by atoms with Crippen LogP contribution in [0.25, 0.3) is 0 Å². The maximum atomic E-state index is 12.0. The molecule has 0 saturated carbocycles. The third-order valence-electron chi connectivity index (χ3n) is 2.62. The number of hydrogen-bond acceptors (Lipinski definition) is 5. The molecule has 0 saturated heterocycles. The number of carbonyl (C=O) groups is 2. The Morgan fingerprint density at radius 2 is 2.00 bits per heavy atom. The summed E-state index contributed by atoms with van der Waals surface area (Å²) in [6, 6.07) is 4.86. The van der Waals surface area contributed by atoms with Crippen molar-refractivity contribution in [1.82, 2.24) is 4.98 Å². The number of thiophene rings is 1. The van der Waals surface area contributed by atoms with Gasteiger partial charge in [-0.25, -0.2) is 14.6 Å². The molecule has 0 bridgehead atoms. The second-order valence-corrected chi connectivity index (χ2v) is 5.32. The number of methoxy groups -OCH3 is 1. The van der Waals surface area contributed by atoms with E-state index >= 15 is 0 Å². The van der Waals surface area contributed by atoms with E-state index in [9.17, 15) is 9.59 Å². The number of amides is 2. The van der Waals surface area contributed by atoms with Gasteiger partial charge in [-0.3, -0.25) is 5.32 Å². The first-order chi connectivity index (χ1) is 9.99. The molecule has 2 rings (SSSR count). The van der Waals surface area contributed by atoms with Gasteiger partial charge in [0.05, 0.1) is 12.8 Å². The van der Waals surface area contributed by atoms with Crippen molar-refractivity contribution in [2.75, 3.05) is 17.7 Å². The number of aryl methyl sites for hydroxylation is 2. The zero-order valence-electron chi connectivity index (χ0n) is 11.9. The number of anilines is 2. The van der Waals surface area contributed by atoms with Crippen LogP contribution < -0.4 is 10.6 Å². The van der Waals surface area contributed by atoms with Gasteiger partial charge >= 0.3 is 12.0 Å². The average Bonchev–Trinajstić information content (AvgIpc) is 2.84. The Balaban J connectivity index is 2.08. The molecule has 21 heavy (non-hydrogen) atoms. The van der Waals surface area contributed by atoms with Crippen LogP contribution in [0.4, 0.5) is 16.3 Å². The molecule has 6 nitrogen and oxygen atoms in total. The molecule has 2 amide bonds. The van der Waals surface area contributed by atoms with Gasteiger partial charge in [-0.15, -0.1) is 11.3 Å². The number of ether oxygens (including phenoxy) is 1. The number of nitrogens with one attached hydrogen (secondary N) is 2. The number of carbonyl (C=O) groups excluding carboxylic acids is 2. The van der Waals surface area contributed by atoms with Gasteiger partial charge in [0.15, 0.2) is 0 Å². The lowest BCUT2D eigenvalue weighted by atomic mass is 10.2. The van der Waals surface area contributed by atoms with E-state index in [2.05, 4.69) is 20.4 Å². The van der Waals surface area contributed by atoms with Crippen LogP contribution in [0.2, 0.25) is 0 Å². The van der Waals surface area contributed by atoms with E-state index in [1.165, 1.54) is 18.4 Å². The summed E-state index contributed by atoms with van der Waals surface area (Å²) >= 11 is 1.20. The quantitative estimate of drug-likeness (QED) is 0.853. The molecule has 0 aliphatic carbocycles. The molecule has 0 aromatic carbocycles. The van der Waals surface area contributed by atoms with Crippen LogP contribution in [0, 0.1) is 13.8 Å². The van der Waals surface area contributed by atoms with E-state index in [1.807, 2.05) is 19.9 Å². The topological polar surface area (TPSA) is 80.3 Å². The van der Waals surface area contributed by atoms with Crippen molar-refractivity contribution in [3.05, 3.63) is 39.7 Å². The second kappa shape index (κ2) is 6.36. The molecule has 2 N–H and O–H groups in total. The average molecular weight is 305 g/mol. The predicted octanol–water partition coefficient (Wildman–Crippen LogP) is 3.19. The smallest absolute Gasteiger partial charge is 0.350 e. The Bertz CT molecular complexity index is 662. The lowest BCUT2D eigenvalue weighted by molar-refractivity contribution is 0.0607. The Labute approximate surface area is 126 Å². The van der Waals surface area contributed by atoms with Gasteiger partial charge in [0.2, 0.25) is 0 Å². The summed E-state index contributed by atoms with van der Waals surface area (Å²) in [6.07, 6.45) is 0. The van der Waals surface area contributed by atoms with Crippen LogP contribution in [0.5, 0.6) is 0 Å². The Morgan fingerprint density at radius 3 is 2.67 bits per heavy atom. The van der Waals surface area contributed by atoms with Crippen molar-refractivity contribution < 1.29 is 14.3 Å². The Kier molecular flexibility index (Phi) is 4.54. The predicted molar refractivity (Wildman–Crippen MR) is 82.0 cm³/mol. The molecule has 7 heteroatoms. The highest BCUT2D eigenvalue weighted by Crippen LogP contribution is 2.23. The van der Waals surface area contributed by atoms with Crippen LogP contribution in [-0.2, 0) is 4.74 Å². The van der Waals surface area contributed by atoms with Crippen LogP contribution in [0.1, 0.15) is 20.9 Å². The number of pyridine rings is 1. The van der Waals surface area contributed by atoms with Crippen LogP contribution in [0.15, 0.2) is 23.6 Å². The summed E-state index contributed by atoms with van der Waals surface area (Å²) in [5, 5.41) is 6.96. The molecular weight excluding hydrogens is 290 g/mol. The third kappa shape index (κ3) is 3.79. The van der Waals surface area contributed by atoms with E-state index in [4.69, 9.17) is 0 Å². The third-order valence-corrected chi connectivity index (χ3v) is 3.52. The number of esters is 1. The first kappa shape index (κ1) is 15.0. The molecule has 2 aromatic rings. The van der Waals surface area contributed by atoms with Crippen LogP contribution >= 0.6 is 11.3 Å². The monoisotopic (exact) mass is 305 g/mol. The summed E-state index contributed by atoms with van der Waals surface area (Å²) in [4.78, 5) is 28.0. The fourth-order valence-corrected chi connectivity index (χ4v) is 2.60. The van der Waals surface area contributed by atoms with Gasteiger partial charge in [0.1, 0.15) is 10.7 Å². The van der Waals surface area contributed by atoms with Gasteiger partial charge in [0, 0.05) is 5.69 Å². The number of rotatable bonds is 3. The molecule has 0 aliphatic rings. The lowest BCUT2D eigenvalue weighted by Crippen LogP contribution is -2.21. The lowest BCUT2D eigenvalue weighted by Gasteiger charge is -2.08. The maximum absolute atomic E-state index is 12.0. The summed E-state index contributed by atoms with van der Waals surface area (Å²) in [7, 11) is 1.30. The summed E-state index contributed by atoms with van der Waals surface area (Å²) < 4.78 is 4.65.